The predicted molar refractivity (Wildman–Crippen MR) is 105 cm³/mol. The van der Waals surface area contributed by atoms with E-state index < -0.39 is 0 Å². The fourth-order valence-corrected chi connectivity index (χ4v) is 3.91. The molecule has 6 heteroatoms. The minimum absolute atomic E-state index is 0.210. The Balaban J connectivity index is 1.62. The first-order chi connectivity index (χ1) is 12.7. The van der Waals surface area contributed by atoms with Crippen LogP contribution in [0.4, 0.5) is 0 Å². The smallest absolute Gasteiger partial charge is 0.227 e. The standard InChI is InChI=1S/C20H27N3O2S/c1-25-13-12-22-11-9-21-20(22)17-4-3-10-23(15-17)19(24)14-16-5-7-18(26-2)8-6-16/h5-9,11,17H,3-4,10,12-15H2,1-2H3/t17-/m0/s1. The van der Waals surface area contributed by atoms with Gasteiger partial charge in [-0.05, 0) is 36.8 Å². The Kier molecular flexibility index (Phi) is 6.74. The number of piperidine rings is 1. The van der Waals surface area contributed by atoms with Gasteiger partial charge in [0, 0.05) is 50.0 Å². The van der Waals surface area contributed by atoms with Crippen LogP contribution in [0.15, 0.2) is 41.6 Å². The number of ether oxygens (including phenoxy) is 1. The van der Waals surface area contributed by atoms with Crippen LogP contribution in [0.2, 0.25) is 0 Å². The van der Waals surface area contributed by atoms with Crippen LogP contribution in [-0.2, 0) is 22.5 Å². The Morgan fingerprint density at radius 1 is 1.35 bits per heavy atom. The largest absolute Gasteiger partial charge is 0.383 e. The highest BCUT2D eigenvalue weighted by molar-refractivity contribution is 7.98. The summed E-state index contributed by atoms with van der Waals surface area (Å²) in [4.78, 5) is 20.6. The lowest BCUT2D eigenvalue weighted by Gasteiger charge is -2.33. The van der Waals surface area contributed by atoms with Crippen LogP contribution in [-0.4, -0.2) is 53.4 Å². The van der Waals surface area contributed by atoms with Gasteiger partial charge in [0.15, 0.2) is 0 Å². The minimum Gasteiger partial charge on any atom is -0.383 e. The molecule has 1 aromatic heterocycles. The third kappa shape index (κ3) is 4.68. The van der Waals surface area contributed by atoms with Crippen molar-refractivity contribution >= 4 is 17.7 Å². The third-order valence-corrected chi connectivity index (χ3v) is 5.68. The fraction of sp³-hybridized carbons (Fsp3) is 0.500. The second kappa shape index (κ2) is 9.24. The summed E-state index contributed by atoms with van der Waals surface area (Å²) in [5.74, 6) is 1.59. The number of nitrogens with zero attached hydrogens (tertiary/aromatic N) is 3. The van der Waals surface area contributed by atoms with Gasteiger partial charge in [0.25, 0.3) is 0 Å². The van der Waals surface area contributed by atoms with E-state index in [4.69, 9.17) is 4.74 Å². The highest BCUT2D eigenvalue weighted by Crippen LogP contribution is 2.26. The summed E-state index contributed by atoms with van der Waals surface area (Å²) in [5, 5.41) is 0. The molecule has 0 aliphatic carbocycles. The van der Waals surface area contributed by atoms with E-state index >= 15 is 0 Å². The lowest BCUT2D eigenvalue weighted by molar-refractivity contribution is -0.131. The molecule has 1 atom stereocenters. The van der Waals surface area contributed by atoms with Gasteiger partial charge in [0.2, 0.25) is 5.91 Å². The molecule has 1 fully saturated rings. The minimum atomic E-state index is 0.210. The number of aromatic nitrogens is 2. The Bertz CT molecular complexity index is 714. The SMILES string of the molecule is COCCn1ccnc1[C@H]1CCCN(C(=O)Cc2ccc(SC)cc2)C1. The Morgan fingerprint density at radius 2 is 2.15 bits per heavy atom. The number of carbonyl (C=O) groups is 1. The van der Waals surface area contributed by atoms with Gasteiger partial charge in [-0.3, -0.25) is 4.79 Å². The first-order valence-corrected chi connectivity index (χ1v) is 10.3. The summed E-state index contributed by atoms with van der Waals surface area (Å²) >= 11 is 1.72. The van der Waals surface area contributed by atoms with Crippen molar-refractivity contribution in [2.45, 2.75) is 36.6 Å². The molecular formula is C20H27N3O2S. The van der Waals surface area contributed by atoms with Crippen molar-refractivity contribution in [3.8, 4) is 0 Å². The third-order valence-electron chi connectivity index (χ3n) is 4.94. The monoisotopic (exact) mass is 373 g/mol. The van der Waals surface area contributed by atoms with Crippen molar-refractivity contribution in [1.82, 2.24) is 14.5 Å². The summed E-state index contributed by atoms with van der Waals surface area (Å²) in [5.41, 5.74) is 1.08. The number of likely N-dealkylation sites (tertiary alicyclic amines) is 1. The fourth-order valence-electron chi connectivity index (χ4n) is 3.50. The summed E-state index contributed by atoms with van der Waals surface area (Å²) in [6, 6.07) is 8.28. The number of carbonyl (C=O) groups excluding carboxylic acids is 1. The van der Waals surface area contributed by atoms with Crippen LogP contribution in [0, 0.1) is 0 Å². The van der Waals surface area contributed by atoms with Crippen molar-refractivity contribution in [2.24, 2.45) is 0 Å². The van der Waals surface area contributed by atoms with E-state index in [9.17, 15) is 4.79 Å². The zero-order valence-electron chi connectivity index (χ0n) is 15.6. The molecule has 0 N–H and O–H groups in total. The van der Waals surface area contributed by atoms with Gasteiger partial charge in [-0.2, -0.15) is 0 Å². The zero-order chi connectivity index (χ0) is 18.4. The van der Waals surface area contributed by atoms with Crippen molar-refractivity contribution in [1.29, 1.82) is 0 Å². The highest BCUT2D eigenvalue weighted by atomic mass is 32.2. The van der Waals surface area contributed by atoms with E-state index in [1.807, 2.05) is 17.3 Å². The molecule has 2 heterocycles. The molecule has 1 aromatic carbocycles. The van der Waals surface area contributed by atoms with Gasteiger partial charge >= 0.3 is 0 Å². The molecule has 0 radical (unpaired) electrons. The lowest BCUT2D eigenvalue weighted by atomic mass is 9.96. The molecule has 1 aliphatic heterocycles. The van der Waals surface area contributed by atoms with Crippen molar-refractivity contribution in [2.75, 3.05) is 33.1 Å². The maximum absolute atomic E-state index is 12.8. The summed E-state index contributed by atoms with van der Waals surface area (Å²) in [6.45, 7) is 3.07. The Morgan fingerprint density at radius 3 is 2.88 bits per heavy atom. The average Bonchev–Trinajstić information content (AvgIpc) is 3.15. The van der Waals surface area contributed by atoms with Gasteiger partial charge < -0.3 is 14.2 Å². The molecule has 2 aromatic rings. The number of imidazole rings is 1. The average molecular weight is 374 g/mol. The number of hydrogen-bond acceptors (Lipinski definition) is 4. The first-order valence-electron chi connectivity index (χ1n) is 9.12. The molecule has 3 rings (SSSR count). The number of amides is 1. The van der Waals surface area contributed by atoms with E-state index in [-0.39, 0.29) is 5.91 Å². The van der Waals surface area contributed by atoms with Crippen molar-refractivity contribution in [3.63, 3.8) is 0 Å². The van der Waals surface area contributed by atoms with E-state index in [0.717, 1.165) is 43.9 Å². The molecular weight excluding hydrogens is 346 g/mol. The summed E-state index contributed by atoms with van der Waals surface area (Å²) in [7, 11) is 1.71. The van der Waals surface area contributed by atoms with Crippen LogP contribution < -0.4 is 0 Å². The summed E-state index contributed by atoms with van der Waals surface area (Å²) in [6.07, 6.45) is 8.49. The number of thioether (sulfide) groups is 1. The Hall–Kier alpha value is -1.79. The topological polar surface area (TPSA) is 47.4 Å². The van der Waals surface area contributed by atoms with E-state index in [2.05, 4.69) is 40.1 Å². The maximum atomic E-state index is 12.8. The van der Waals surface area contributed by atoms with Gasteiger partial charge in [0.1, 0.15) is 5.82 Å². The van der Waals surface area contributed by atoms with Gasteiger partial charge in [-0.25, -0.2) is 4.98 Å². The molecule has 140 valence electrons. The van der Waals surface area contributed by atoms with Crippen LogP contribution in [0.25, 0.3) is 0 Å². The lowest BCUT2D eigenvalue weighted by Crippen LogP contribution is -2.40. The normalized spacial score (nSPS) is 17.5. The van der Waals surface area contributed by atoms with Gasteiger partial charge in [-0.1, -0.05) is 12.1 Å². The van der Waals surface area contributed by atoms with Crippen LogP contribution in [0.1, 0.15) is 30.1 Å². The molecule has 0 unspecified atom stereocenters. The van der Waals surface area contributed by atoms with Crippen molar-refractivity contribution < 1.29 is 9.53 Å². The highest BCUT2D eigenvalue weighted by Gasteiger charge is 2.27. The molecule has 0 saturated carbocycles. The molecule has 1 saturated heterocycles. The number of methoxy groups -OCH3 is 1. The van der Waals surface area contributed by atoms with Crippen LogP contribution in [0.5, 0.6) is 0 Å². The number of rotatable bonds is 7. The van der Waals surface area contributed by atoms with Crippen LogP contribution >= 0.6 is 11.8 Å². The number of hydrogen-bond donors (Lipinski definition) is 0. The van der Waals surface area contributed by atoms with Gasteiger partial charge in [0.05, 0.1) is 13.0 Å². The summed E-state index contributed by atoms with van der Waals surface area (Å²) < 4.78 is 7.34. The predicted octanol–water partition coefficient (Wildman–Crippen LogP) is 3.20. The van der Waals surface area contributed by atoms with Crippen LogP contribution in [0.3, 0.4) is 0 Å². The molecule has 26 heavy (non-hydrogen) atoms. The van der Waals surface area contributed by atoms with E-state index in [0.29, 0.717) is 18.9 Å². The quantitative estimate of drug-likeness (QED) is 0.699. The zero-order valence-corrected chi connectivity index (χ0v) is 16.4. The number of benzene rings is 1. The second-order valence-electron chi connectivity index (χ2n) is 6.68. The van der Waals surface area contributed by atoms with Gasteiger partial charge in [-0.15, -0.1) is 11.8 Å². The second-order valence-corrected chi connectivity index (χ2v) is 7.56. The molecule has 1 amide bonds. The molecule has 0 bridgehead atoms. The first kappa shape index (κ1) is 19.0. The maximum Gasteiger partial charge on any atom is 0.227 e. The molecule has 0 spiro atoms. The van der Waals surface area contributed by atoms with E-state index in [1.54, 1.807) is 18.9 Å². The van der Waals surface area contributed by atoms with E-state index in [1.165, 1.54) is 4.90 Å². The molecule has 1 aliphatic rings. The Labute approximate surface area is 159 Å². The van der Waals surface area contributed by atoms with Crippen molar-refractivity contribution in [3.05, 3.63) is 48.0 Å². The molecule has 5 nitrogen and oxygen atoms in total.